The molecule has 0 radical (unpaired) electrons. The Hall–Kier alpha value is -2.29. The van der Waals surface area contributed by atoms with Crippen molar-refractivity contribution in [2.24, 2.45) is 0 Å². The smallest absolute Gasteiger partial charge is 0.261 e. The molecule has 1 atom stereocenters. The average Bonchev–Trinajstić information content (AvgIpc) is 3.40. The molecule has 1 N–H and O–H groups in total. The molecule has 2 amide bonds. The summed E-state index contributed by atoms with van der Waals surface area (Å²) in [7, 11) is 0. The minimum absolute atomic E-state index is 0.130. The molecule has 194 valence electrons. The predicted molar refractivity (Wildman–Crippen MR) is 156 cm³/mol. The van der Waals surface area contributed by atoms with Crippen LogP contribution in [-0.2, 0) is 22.6 Å². The summed E-state index contributed by atoms with van der Waals surface area (Å²) in [5.74, 6) is 0.129. The van der Waals surface area contributed by atoms with Crippen LogP contribution < -0.4 is 10.1 Å². The van der Waals surface area contributed by atoms with Gasteiger partial charge in [0.1, 0.15) is 11.8 Å². The number of amides is 2. The van der Waals surface area contributed by atoms with Gasteiger partial charge in [0, 0.05) is 32.6 Å². The minimum atomic E-state index is -0.734. The van der Waals surface area contributed by atoms with Gasteiger partial charge < -0.3 is 15.0 Å². The van der Waals surface area contributed by atoms with Crippen molar-refractivity contribution in [3.8, 4) is 5.75 Å². The molecule has 8 heteroatoms. The molecule has 0 saturated heterocycles. The van der Waals surface area contributed by atoms with Gasteiger partial charge in [0.15, 0.2) is 6.61 Å². The second-order valence-corrected chi connectivity index (χ2v) is 11.3. The van der Waals surface area contributed by atoms with Gasteiger partial charge in [0.25, 0.3) is 5.91 Å². The highest BCUT2D eigenvalue weighted by atomic mass is 127. The highest BCUT2D eigenvalue weighted by Crippen LogP contribution is 2.25. The van der Waals surface area contributed by atoms with E-state index in [0.29, 0.717) is 27.8 Å². The number of carbonyl (C=O) groups excluding carboxylic acids is 2. The second kappa shape index (κ2) is 13.5. The molecule has 0 spiro atoms. The Bertz CT molecular complexity index is 1200. The van der Waals surface area contributed by atoms with Crippen molar-refractivity contribution in [1.29, 1.82) is 0 Å². The summed E-state index contributed by atoms with van der Waals surface area (Å²) in [6.07, 6.45) is 4.48. The van der Waals surface area contributed by atoms with E-state index in [-0.39, 0.29) is 31.0 Å². The number of halogens is 3. The lowest BCUT2D eigenvalue weighted by molar-refractivity contribution is -0.143. The van der Waals surface area contributed by atoms with E-state index in [0.717, 1.165) is 34.8 Å². The Morgan fingerprint density at radius 2 is 1.70 bits per heavy atom. The summed E-state index contributed by atoms with van der Waals surface area (Å²) in [6.45, 7) is -0.0474. The van der Waals surface area contributed by atoms with Crippen molar-refractivity contribution < 1.29 is 14.3 Å². The minimum Gasteiger partial charge on any atom is -0.484 e. The standard InChI is InChI=1S/C29H29Cl2IN2O3/c30-22-11-10-21(26(31)17-22)18-34(28(35)19-37-25-14-12-23(32)13-15-25)27(16-20-6-2-1-3-7-20)29(36)33-24-8-4-5-9-24/h1-3,6-7,10-15,17,24,27H,4-5,8-9,16,18-19H2,(H,33,36). The number of hydrogen-bond donors (Lipinski definition) is 1. The molecule has 1 aliphatic carbocycles. The Morgan fingerprint density at radius 3 is 2.38 bits per heavy atom. The van der Waals surface area contributed by atoms with Crippen LogP contribution in [0, 0.1) is 3.57 Å². The van der Waals surface area contributed by atoms with Gasteiger partial charge in [0.05, 0.1) is 0 Å². The molecular formula is C29H29Cl2IN2O3. The molecule has 5 nitrogen and oxygen atoms in total. The van der Waals surface area contributed by atoms with Gasteiger partial charge in [-0.3, -0.25) is 9.59 Å². The SMILES string of the molecule is O=C(NC1CCCC1)C(Cc1ccccc1)N(Cc1ccc(Cl)cc1Cl)C(=O)COc1ccc(I)cc1. The summed E-state index contributed by atoms with van der Waals surface area (Å²) in [5, 5.41) is 4.15. The number of nitrogens with zero attached hydrogens (tertiary/aromatic N) is 1. The molecule has 37 heavy (non-hydrogen) atoms. The molecule has 3 aromatic rings. The quantitative estimate of drug-likeness (QED) is 0.249. The van der Waals surface area contributed by atoms with Gasteiger partial charge in [0.2, 0.25) is 5.91 Å². The molecule has 1 saturated carbocycles. The van der Waals surface area contributed by atoms with E-state index in [2.05, 4.69) is 27.9 Å². The number of rotatable bonds is 10. The molecule has 1 fully saturated rings. The van der Waals surface area contributed by atoms with Gasteiger partial charge >= 0.3 is 0 Å². The summed E-state index contributed by atoms with van der Waals surface area (Å²) in [6, 6.07) is 21.8. The van der Waals surface area contributed by atoms with E-state index in [1.165, 1.54) is 0 Å². The first-order valence-corrected chi connectivity index (χ1v) is 14.2. The topological polar surface area (TPSA) is 58.6 Å². The van der Waals surface area contributed by atoms with Crippen LogP contribution in [0.2, 0.25) is 10.0 Å². The lowest BCUT2D eigenvalue weighted by atomic mass is 10.0. The molecule has 3 aromatic carbocycles. The number of nitrogens with one attached hydrogen (secondary N) is 1. The van der Waals surface area contributed by atoms with Crippen molar-refractivity contribution >= 4 is 57.6 Å². The van der Waals surface area contributed by atoms with Crippen molar-refractivity contribution in [3.05, 3.63) is 97.5 Å². The summed E-state index contributed by atoms with van der Waals surface area (Å²) in [4.78, 5) is 29.0. The van der Waals surface area contributed by atoms with Gasteiger partial charge in [-0.15, -0.1) is 0 Å². The van der Waals surface area contributed by atoms with Crippen LogP contribution in [0.25, 0.3) is 0 Å². The number of benzene rings is 3. The van der Waals surface area contributed by atoms with Crippen molar-refractivity contribution in [2.45, 2.75) is 50.7 Å². The van der Waals surface area contributed by atoms with E-state index in [4.69, 9.17) is 27.9 Å². The molecule has 0 heterocycles. The van der Waals surface area contributed by atoms with E-state index in [9.17, 15) is 9.59 Å². The molecule has 1 unspecified atom stereocenters. The van der Waals surface area contributed by atoms with Crippen LogP contribution in [0.5, 0.6) is 5.75 Å². The van der Waals surface area contributed by atoms with E-state index >= 15 is 0 Å². The van der Waals surface area contributed by atoms with Gasteiger partial charge in [-0.25, -0.2) is 0 Å². The first kappa shape index (κ1) is 27.7. The van der Waals surface area contributed by atoms with Gasteiger partial charge in [-0.1, -0.05) is 72.4 Å². The highest BCUT2D eigenvalue weighted by molar-refractivity contribution is 14.1. The Kier molecular flexibility index (Phi) is 10.1. The molecule has 0 bridgehead atoms. The normalized spacial score (nSPS) is 14.2. The summed E-state index contributed by atoms with van der Waals surface area (Å²) < 4.78 is 6.90. The van der Waals surface area contributed by atoms with Crippen LogP contribution in [0.15, 0.2) is 72.8 Å². The zero-order valence-electron chi connectivity index (χ0n) is 20.3. The average molecular weight is 651 g/mol. The fourth-order valence-corrected chi connectivity index (χ4v) is 5.34. The molecule has 0 aromatic heterocycles. The molecule has 4 rings (SSSR count). The largest absolute Gasteiger partial charge is 0.484 e. The third-order valence-electron chi connectivity index (χ3n) is 6.50. The van der Waals surface area contributed by atoms with Crippen LogP contribution in [0.4, 0.5) is 0 Å². The zero-order valence-corrected chi connectivity index (χ0v) is 24.0. The predicted octanol–water partition coefficient (Wildman–Crippen LogP) is 6.68. The van der Waals surface area contributed by atoms with E-state index in [1.54, 1.807) is 23.1 Å². The maximum atomic E-state index is 13.7. The third kappa shape index (κ3) is 8.09. The highest BCUT2D eigenvalue weighted by Gasteiger charge is 2.32. The zero-order chi connectivity index (χ0) is 26.2. The van der Waals surface area contributed by atoms with E-state index < -0.39 is 6.04 Å². The van der Waals surface area contributed by atoms with Gasteiger partial charge in [-0.05, 0) is 83.0 Å². The second-order valence-electron chi connectivity index (χ2n) is 9.20. The maximum Gasteiger partial charge on any atom is 0.261 e. The number of hydrogen-bond acceptors (Lipinski definition) is 3. The molecular weight excluding hydrogens is 622 g/mol. The maximum absolute atomic E-state index is 13.7. The fourth-order valence-electron chi connectivity index (χ4n) is 4.51. The third-order valence-corrected chi connectivity index (χ3v) is 7.81. The monoisotopic (exact) mass is 650 g/mol. The summed E-state index contributed by atoms with van der Waals surface area (Å²) in [5.41, 5.74) is 1.67. The van der Waals surface area contributed by atoms with Crippen molar-refractivity contribution in [1.82, 2.24) is 10.2 Å². The summed E-state index contributed by atoms with van der Waals surface area (Å²) >= 11 is 14.8. The molecule has 1 aliphatic rings. The number of ether oxygens (including phenoxy) is 1. The Morgan fingerprint density at radius 1 is 1.00 bits per heavy atom. The van der Waals surface area contributed by atoms with Gasteiger partial charge in [-0.2, -0.15) is 0 Å². The number of carbonyl (C=O) groups is 2. The van der Waals surface area contributed by atoms with Crippen molar-refractivity contribution in [2.75, 3.05) is 6.61 Å². The van der Waals surface area contributed by atoms with Crippen molar-refractivity contribution in [3.63, 3.8) is 0 Å². The first-order valence-electron chi connectivity index (χ1n) is 12.3. The fraction of sp³-hybridized carbons (Fsp3) is 0.310. The lowest BCUT2D eigenvalue weighted by Crippen LogP contribution is -2.53. The lowest BCUT2D eigenvalue weighted by Gasteiger charge is -2.32. The van der Waals surface area contributed by atoms with Crippen LogP contribution in [0.3, 0.4) is 0 Å². The Labute approximate surface area is 241 Å². The first-order chi connectivity index (χ1) is 17.9. The molecule has 0 aliphatic heterocycles. The van der Waals surface area contributed by atoms with E-state index in [1.807, 2.05) is 54.6 Å². The van der Waals surface area contributed by atoms with Crippen LogP contribution >= 0.6 is 45.8 Å². The Balaban J connectivity index is 1.63. The van der Waals surface area contributed by atoms with Crippen LogP contribution in [-0.4, -0.2) is 35.4 Å². The van der Waals surface area contributed by atoms with Crippen LogP contribution in [0.1, 0.15) is 36.8 Å².